The Morgan fingerprint density at radius 1 is 0.885 bits per heavy atom. The van der Waals surface area contributed by atoms with Crippen LogP contribution in [0.25, 0.3) is 11.1 Å². The number of hydrogen-bond donors (Lipinski definition) is 1. The maximum Gasteiger partial charge on any atom is 0.118 e. The van der Waals surface area contributed by atoms with E-state index in [1.807, 2.05) is 12.1 Å². The predicted octanol–water partition coefficient (Wildman–Crippen LogP) is 5.53. The van der Waals surface area contributed by atoms with Gasteiger partial charge in [-0.3, -0.25) is 0 Å². The Morgan fingerprint density at radius 3 is 2.31 bits per heavy atom. The van der Waals surface area contributed by atoms with E-state index in [2.05, 4.69) is 66.0 Å². The smallest absolute Gasteiger partial charge is 0.118 e. The Labute approximate surface area is 155 Å². The van der Waals surface area contributed by atoms with Gasteiger partial charge in [0.15, 0.2) is 0 Å². The molecule has 0 saturated carbocycles. The molecule has 0 aliphatic heterocycles. The van der Waals surface area contributed by atoms with Gasteiger partial charge >= 0.3 is 0 Å². The summed E-state index contributed by atoms with van der Waals surface area (Å²) in [5.41, 5.74) is 6.76. The quantitative estimate of drug-likeness (QED) is 0.658. The molecule has 2 heteroatoms. The largest absolute Gasteiger partial charge is 0.497 e. The van der Waals surface area contributed by atoms with Gasteiger partial charge in [0.25, 0.3) is 0 Å². The molecule has 0 aromatic heterocycles. The van der Waals surface area contributed by atoms with E-state index in [1.54, 1.807) is 7.11 Å². The fraction of sp³-hybridized carbons (Fsp3) is 0.250. The molecule has 4 rings (SSSR count). The molecule has 0 unspecified atom stereocenters. The van der Waals surface area contributed by atoms with Crippen LogP contribution >= 0.6 is 0 Å². The summed E-state index contributed by atoms with van der Waals surface area (Å²) < 4.78 is 5.23. The highest BCUT2D eigenvalue weighted by Crippen LogP contribution is 2.30. The molecule has 0 saturated heterocycles. The van der Waals surface area contributed by atoms with Crippen molar-refractivity contribution in [2.24, 2.45) is 0 Å². The molecule has 0 radical (unpaired) electrons. The summed E-state index contributed by atoms with van der Waals surface area (Å²) in [5, 5.41) is 3.75. The van der Waals surface area contributed by atoms with Crippen molar-refractivity contribution in [3.63, 3.8) is 0 Å². The van der Waals surface area contributed by atoms with E-state index in [1.165, 1.54) is 47.1 Å². The van der Waals surface area contributed by atoms with Gasteiger partial charge in [0.05, 0.1) is 7.11 Å². The highest BCUT2D eigenvalue weighted by molar-refractivity contribution is 5.64. The lowest BCUT2D eigenvalue weighted by Crippen LogP contribution is -2.24. The van der Waals surface area contributed by atoms with Crippen LogP contribution in [0.15, 0.2) is 72.8 Å². The van der Waals surface area contributed by atoms with Crippen molar-refractivity contribution in [1.29, 1.82) is 0 Å². The summed E-state index contributed by atoms with van der Waals surface area (Å²) in [4.78, 5) is 0. The number of benzene rings is 3. The number of nitrogens with one attached hydrogen (secondary N) is 1. The Bertz CT molecular complexity index is 852. The lowest BCUT2D eigenvalue weighted by atomic mass is 9.87. The second-order valence-corrected chi connectivity index (χ2v) is 6.95. The normalized spacial score (nSPS) is 16.1. The van der Waals surface area contributed by atoms with E-state index in [-0.39, 0.29) is 0 Å². The third-order valence-electron chi connectivity index (χ3n) is 5.30. The summed E-state index contributed by atoms with van der Waals surface area (Å²) >= 11 is 0. The minimum absolute atomic E-state index is 0.473. The van der Waals surface area contributed by atoms with Crippen molar-refractivity contribution in [2.75, 3.05) is 7.11 Å². The van der Waals surface area contributed by atoms with Crippen molar-refractivity contribution < 1.29 is 4.74 Å². The van der Waals surface area contributed by atoms with Gasteiger partial charge in [-0.25, -0.2) is 0 Å². The second kappa shape index (κ2) is 7.76. The van der Waals surface area contributed by atoms with Crippen LogP contribution in [0.1, 0.15) is 35.6 Å². The molecule has 2 nitrogen and oxygen atoms in total. The van der Waals surface area contributed by atoms with Crippen molar-refractivity contribution in [3.8, 4) is 16.9 Å². The molecular formula is C24H25NO. The van der Waals surface area contributed by atoms with E-state index >= 15 is 0 Å². The summed E-state index contributed by atoms with van der Waals surface area (Å²) in [6.07, 6.45) is 3.71. The monoisotopic (exact) mass is 343 g/mol. The predicted molar refractivity (Wildman–Crippen MR) is 107 cm³/mol. The number of aryl methyl sites for hydroxylation is 1. The molecule has 0 fully saturated rings. The van der Waals surface area contributed by atoms with Gasteiger partial charge < -0.3 is 10.1 Å². The van der Waals surface area contributed by atoms with Crippen LogP contribution in [0.3, 0.4) is 0 Å². The fourth-order valence-corrected chi connectivity index (χ4v) is 3.81. The molecule has 1 N–H and O–H groups in total. The van der Waals surface area contributed by atoms with Crippen LogP contribution in [0.5, 0.6) is 5.75 Å². The molecule has 1 aliphatic rings. The molecule has 132 valence electrons. The molecule has 0 heterocycles. The minimum atomic E-state index is 0.473. The second-order valence-electron chi connectivity index (χ2n) is 6.95. The SMILES string of the molecule is COc1ccc(-c2ccc(CN[C@H]3CCCc4ccccc43)cc2)cc1. The first-order valence-corrected chi connectivity index (χ1v) is 9.38. The minimum Gasteiger partial charge on any atom is -0.497 e. The van der Waals surface area contributed by atoms with Gasteiger partial charge in [-0.2, -0.15) is 0 Å². The van der Waals surface area contributed by atoms with Crippen LogP contribution in [0, 0.1) is 0 Å². The van der Waals surface area contributed by atoms with E-state index in [4.69, 9.17) is 4.74 Å². The van der Waals surface area contributed by atoms with Gasteiger partial charge in [0.2, 0.25) is 0 Å². The van der Waals surface area contributed by atoms with Crippen LogP contribution in [-0.2, 0) is 13.0 Å². The number of ether oxygens (including phenoxy) is 1. The van der Waals surface area contributed by atoms with Crippen LogP contribution in [-0.4, -0.2) is 7.11 Å². The summed E-state index contributed by atoms with van der Waals surface area (Å²) in [5.74, 6) is 0.891. The lowest BCUT2D eigenvalue weighted by molar-refractivity contribution is 0.415. The summed E-state index contributed by atoms with van der Waals surface area (Å²) in [6.45, 7) is 0.905. The average molecular weight is 343 g/mol. The molecule has 0 amide bonds. The zero-order valence-corrected chi connectivity index (χ0v) is 15.2. The third-order valence-corrected chi connectivity index (χ3v) is 5.30. The molecular weight excluding hydrogens is 318 g/mol. The first-order valence-electron chi connectivity index (χ1n) is 9.38. The van der Waals surface area contributed by atoms with Gasteiger partial charge in [0.1, 0.15) is 5.75 Å². The van der Waals surface area contributed by atoms with E-state index < -0.39 is 0 Å². The molecule has 26 heavy (non-hydrogen) atoms. The molecule has 1 atom stereocenters. The van der Waals surface area contributed by atoms with Crippen molar-refractivity contribution in [1.82, 2.24) is 5.32 Å². The maximum atomic E-state index is 5.23. The van der Waals surface area contributed by atoms with Gasteiger partial charge in [-0.05, 0) is 59.2 Å². The number of methoxy groups -OCH3 is 1. The zero-order valence-electron chi connectivity index (χ0n) is 15.2. The lowest BCUT2D eigenvalue weighted by Gasteiger charge is -2.26. The van der Waals surface area contributed by atoms with Crippen molar-refractivity contribution in [2.45, 2.75) is 31.8 Å². The fourth-order valence-electron chi connectivity index (χ4n) is 3.81. The van der Waals surface area contributed by atoms with Crippen molar-refractivity contribution in [3.05, 3.63) is 89.5 Å². The Morgan fingerprint density at radius 2 is 1.58 bits per heavy atom. The number of hydrogen-bond acceptors (Lipinski definition) is 2. The Hall–Kier alpha value is -2.58. The standard InChI is InChI=1S/C24H25NO/c1-26-22-15-13-20(14-16-22)19-11-9-18(10-12-19)17-25-24-8-4-6-21-5-2-3-7-23(21)24/h2-3,5,7,9-16,24-25H,4,6,8,17H2,1H3/t24-/m0/s1. The Kier molecular flexibility index (Phi) is 5.03. The molecule has 0 bridgehead atoms. The Balaban J connectivity index is 1.42. The van der Waals surface area contributed by atoms with Gasteiger partial charge in [-0.1, -0.05) is 60.7 Å². The highest BCUT2D eigenvalue weighted by atomic mass is 16.5. The van der Waals surface area contributed by atoms with Gasteiger partial charge in [-0.15, -0.1) is 0 Å². The number of rotatable bonds is 5. The molecule has 0 spiro atoms. The summed E-state index contributed by atoms with van der Waals surface area (Å²) in [6, 6.07) is 26.4. The van der Waals surface area contributed by atoms with Gasteiger partial charge in [0, 0.05) is 12.6 Å². The van der Waals surface area contributed by atoms with Crippen LogP contribution in [0.4, 0.5) is 0 Å². The van der Waals surface area contributed by atoms with E-state index in [9.17, 15) is 0 Å². The van der Waals surface area contributed by atoms with E-state index in [0.717, 1.165) is 12.3 Å². The topological polar surface area (TPSA) is 21.3 Å². The average Bonchev–Trinajstić information content (AvgIpc) is 2.73. The third kappa shape index (κ3) is 3.66. The maximum absolute atomic E-state index is 5.23. The zero-order chi connectivity index (χ0) is 17.8. The first-order chi connectivity index (χ1) is 12.8. The van der Waals surface area contributed by atoms with E-state index in [0.29, 0.717) is 6.04 Å². The number of fused-ring (bicyclic) bond motifs is 1. The van der Waals surface area contributed by atoms with Crippen molar-refractivity contribution >= 4 is 0 Å². The molecule has 1 aliphatic carbocycles. The molecule has 3 aromatic carbocycles. The molecule has 3 aromatic rings. The van der Waals surface area contributed by atoms with Crippen LogP contribution in [0.2, 0.25) is 0 Å². The first kappa shape index (κ1) is 16.9. The van der Waals surface area contributed by atoms with Crippen LogP contribution < -0.4 is 10.1 Å². The summed E-state index contributed by atoms with van der Waals surface area (Å²) in [7, 11) is 1.70. The highest BCUT2D eigenvalue weighted by Gasteiger charge is 2.18.